The van der Waals surface area contributed by atoms with Gasteiger partial charge >= 0.3 is 6.09 Å². The second-order valence-electron chi connectivity index (χ2n) is 14.6. The summed E-state index contributed by atoms with van der Waals surface area (Å²) < 4.78 is 72.7. The third-order valence-electron chi connectivity index (χ3n) is 10.3. The molecule has 0 aliphatic carbocycles. The molecule has 0 unspecified atom stereocenters. The highest BCUT2D eigenvalue weighted by atomic mass is 32.2. The van der Waals surface area contributed by atoms with Gasteiger partial charge in [-0.05, 0) is 59.9 Å². The molecule has 318 valence electrons. The van der Waals surface area contributed by atoms with Crippen molar-refractivity contribution in [2.24, 2.45) is 0 Å². The molecule has 2 aliphatic rings. The molecule has 0 radical (unpaired) electrons. The predicted octanol–water partition coefficient (Wildman–Crippen LogP) is 6.51. The SMILES string of the molecule is COCCCN1CCOc2ccc(CO[C@H]3CN(C(=O)OCc4ccccc4)C[C@@H](OCCOS(=O)(=O)c4ccc(C)cc4)[C@@H]3c3ccc(COCCOC)cc3)cc21. The number of carbonyl (C=O) groups excluding carboxylic acids is 1. The van der Waals surface area contributed by atoms with Crippen molar-refractivity contribution in [2.45, 2.75) is 56.2 Å². The first-order valence-electron chi connectivity index (χ1n) is 20.0. The van der Waals surface area contributed by atoms with E-state index in [1.54, 1.807) is 31.3 Å². The van der Waals surface area contributed by atoms with Gasteiger partial charge in [0.05, 0.1) is 82.1 Å². The molecule has 0 bridgehead atoms. The lowest BCUT2D eigenvalue weighted by Gasteiger charge is -2.43. The summed E-state index contributed by atoms with van der Waals surface area (Å²) >= 11 is 0. The molecule has 1 saturated heterocycles. The number of nitrogens with zero attached hydrogens (tertiary/aromatic N) is 2. The number of amides is 1. The Balaban J connectivity index is 1.24. The van der Waals surface area contributed by atoms with Crippen LogP contribution >= 0.6 is 0 Å². The molecular formula is C45H56N2O11S. The topological polar surface area (TPSA) is 132 Å². The summed E-state index contributed by atoms with van der Waals surface area (Å²) in [6.45, 7) is 6.66. The van der Waals surface area contributed by atoms with E-state index in [0.29, 0.717) is 33.0 Å². The highest BCUT2D eigenvalue weighted by molar-refractivity contribution is 7.86. The van der Waals surface area contributed by atoms with Crippen molar-refractivity contribution < 1.29 is 50.6 Å². The van der Waals surface area contributed by atoms with Gasteiger partial charge in [-0.3, -0.25) is 4.18 Å². The number of methoxy groups -OCH3 is 2. The van der Waals surface area contributed by atoms with Crippen LogP contribution in [0.3, 0.4) is 0 Å². The summed E-state index contributed by atoms with van der Waals surface area (Å²) in [7, 11) is -0.671. The average molecular weight is 833 g/mol. The highest BCUT2D eigenvalue weighted by Crippen LogP contribution is 2.36. The summed E-state index contributed by atoms with van der Waals surface area (Å²) in [4.78, 5) is 17.7. The summed E-state index contributed by atoms with van der Waals surface area (Å²) in [6, 6.07) is 30.1. The van der Waals surface area contributed by atoms with Crippen LogP contribution in [0.4, 0.5) is 10.5 Å². The molecule has 59 heavy (non-hydrogen) atoms. The van der Waals surface area contributed by atoms with E-state index in [0.717, 1.165) is 58.8 Å². The van der Waals surface area contributed by atoms with Gasteiger partial charge in [0.15, 0.2) is 0 Å². The minimum Gasteiger partial charge on any atom is -0.490 e. The summed E-state index contributed by atoms with van der Waals surface area (Å²) in [5.74, 6) is 0.475. The number of fused-ring (bicyclic) bond motifs is 1. The van der Waals surface area contributed by atoms with Gasteiger partial charge in [-0.25, -0.2) is 4.79 Å². The van der Waals surface area contributed by atoms with E-state index in [1.165, 1.54) is 12.1 Å². The minimum atomic E-state index is -4.01. The lowest BCUT2D eigenvalue weighted by Crippen LogP contribution is -2.54. The summed E-state index contributed by atoms with van der Waals surface area (Å²) in [5, 5.41) is 0. The number of carbonyl (C=O) groups is 1. The van der Waals surface area contributed by atoms with Gasteiger partial charge in [0.25, 0.3) is 10.1 Å². The van der Waals surface area contributed by atoms with E-state index in [4.69, 9.17) is 37.3 Å². The molecule has 4 aromatic carbocycles. The average Bonchev–Trinajstić information content (AvgIpc) is 3.26. The fourth-order valence-corrected chi connectivity index (χ4v) is 8.10. The first-order chi connectivity index (χ1) is 28.7. The van der Waals surface area contributed by atoms with Gasteiger partial charge < -0.3 is 43.0 Å². The van der Waals surface area contributed by atoms with E-state index >= 15 is 0 Å². The minimum absolute atomic E-state index is 0.0545. The molecule has 14 heteroatoms. The Morgan fingerprint density at radius 1 is 0.746 bits per heavy atom. The maximum atomic E-state index is 13.8. The molecule has 3 atom stereocenters. The van der Waals surface area contributed by atoms with E-state index in [-0.39, 0.29) is 50.3 Å². The third kappa shape index (κ3) is 12.7. The van der Waals surface area contributed by atoms with Crippen LogP contribution in [0.25, 0.3) is 0 Å². The van der Waals surface area contributed by atoms with Gasteiger partial charge in [-0.15, -0.1) is 0 Å². The number of piperidine rings is 1. The van der Waals surface area contributed by atoms with Crippen LogP contribution in [0.1, 0.15) is 40.2 Å². The van der Waals surface area contributed by atoms with Gasteiger partial charge in [0, 0.05) is 33.3 Å². The number of likely N-dealkylation sites (tertiary alicyclic amines) is 1. The van der Waals surface area contributed by atoms with Crippen LogP contribution in [0.2, 0.25) is 0 Å². The van der Waals surface area contributed by atoms with Gasteiger partial charge in [0.1, 0.15) is 19.0 Å². The molecule has 2 heterocycles. The Labute approximate surface area is 348 Å². The first-order valence-corrected chi connectivity index (χ1v) is 21.4. The number of hydrogen-bond acceptors (Lipinski definition) is 12. The lowest BCUT2D eigenvalue weighted by molar-refractivity contribution is -0.0945. The quantitative estimate of drug-likeness (QED) is 0.0671. The molecule has 1 fully saturated rings. The molecule has 0 aromatic heterocycles. The fourth-order valence-electron chi connectivity index (χ4n) is 7.21. The van der Waals surface area contributed by atoms with Crippen LogP contribution < -0.4 is 9.64 Å². The maximum Gasteiger partial charge on any atom is 0.410 e. The largest absolute Gasteiger partial charge is 0.490 e. The van der Waals surface area contributed by atoms with E-state index in [1.807, 2.05) is 73.7 Å². The predicted molar refractivity (Wildman–Crippen MR) is 222 cm³/mol. The van der Waals surface area contributed by atoms with E-state index < -0.39 is 28.4 Å². The molecule has 2 aliphatic heterocycles. The second kappa shape index (κ2) is 22.2. The van der Waals surface area contributed by atoms with E-state index in [9.17, 15) is 13.2 Å². The summed E-state index contributed by atoms with van der Waals surface area (Å²) in [6.07, 6.45) is -0.766. The van der Waals surface area contributed by atoms with Gasteiger partial charge in [-0.2, -0.15) is 8.42 Å². The molecule has 1 amide bonds. The van der Waals surface area contributed by atoms with Crippen molar-refractivity contribution >= 4 is 21.9 Å². The summed E-state index contributed by atoms with van der Waals surface area (Å²) in [5.41, 5.74) is 5.68. The monoisotopic (exact) mass is 832 g/mol. The van der Waals surface area contributed by atoms with Gasteiger partial charge in [0.2, 0.25) is 0 Å². The van der Waals surface area contributed by atoms with E-state index in [2.05, 4.69) is 11.0 Å². The number of rotatable bonds is 21. The van der Waals surface area contributed by atoms with Crippen molar-refractivity contribution in [1.29, 1.82) is 0 Å². The van der Waals surface area contributed by atoms with Crippen LogP contribution in [0, 0.1) is 6.92 Å². The standard InChI is InChI=1S/C45H56N2O11S/c1-34-10-17-39(18-11-34)59(49,50)58-27-26-55-42-29-47(45(48)57-32-35-8-5-4-6-9-35)30-43(44(42)38-15-12-36(13-16-38)31-53-25-24-52-3)56-33-37-14-19-41-40(28-37)46(21-23-54-41)20-7-22-51-2/h4-6,8-19,28,42-44H,7,20-27,29-33H2,1-3H3/t42-,43+,44+/m1/s1. The zero-order valence-corrected chi connectivity index (χ0v) is 35.0. The molecule has 0 N–H and O–H groups in total. The Morgan fingerprint density at radius 2 is 1.46 bits per heavy atom. The smallest absolute Gasteiger partial charge is 0.410 e. The Bertz CT molecular complexity index is 2000. The third-order valence-corrected chi connectivity index (χ3v) is 11.6. The molecular weight excluding hydrogens is 777 g/mol. The molecule has 0 saturated carbocycles. The number of ether oxygens (including phenoxy) is 7. The number of anilines is 1. The first kappa shape index (κ1) is 44.0. The number of benzene rings is 4. The molecule has 6 rings (SSSR count). The Morgan fingerprint density at radius 3 is 2.20 bits per heavy atom. The van der Waals surface area contributed by atoms with Crippen molar-refractivity contribution in [3.05, 3.63) is 125 Å². The normalized spacial score (nSPS) is 18.0. The van der Waals surface area contributed by atoms with Crippen LogP contribution in [-0.4, -0.2) is 112 Å². The number of hydrogen-bond donors (Lipinski definition) is 0. The van der Waals surface area contributed by atoms with Crippen molar-refractivity contribution in [1.82, 2.24) is 4.90 Å². The fraction of sp³-hybridized carbons (Fsp3) is 0.444. The number of aryl methyl sites for hydroxylation is 1. The van der Waals surface area contributed by atoms with Crippen molar-refractivity contribution in [2.75, 3.05) is 84.9 Å². The highest BCUT2D eigenvalue weighted by Gasteiger charge is 2.42. The Kier molecular flexibility index (Phi) is 16.5. The molecule has 0 spiro atoms. The van der Waals surface area contributed by atoms with Crippen molar-refractivity contribution in [3.63, 3.8) is 0 Å². The van der Waals surface area contributed by atoms with Crippen LogP contribution in [0.5, 0.6) is 5.75 Å². The second-order valence-corrected chi connectivity index (χ2v) is 16.2. The van der Waals surface area contributed by atoms with Crippen LogP contribution in [0.15, 0.2) is 102 Å². The zero-order chi connectivity index (χ0) is 41.5. The lowest BCUT2D eigenvalue weighted by atomic mass is 9.84. The zero-order valence-electron chi connectivity index (χ0n) is 34.2. The molecule has 4 aromatic rings. The molecule has 13 nitrogen and oxygen atoms in total. The van der Waals surface area contributed by atoms with Crippen LogP contribution in [-0.2, 0) is 62.5 Å². The van der Waals surface area contributed by atoms with Crippen molar-refractivity contribution in [3.8, 4) is 5.75 Å². The van der Waals surface area contributed by atoms with Gasteiger partial charge in [-0.1, -0.05) is 78.4 Å². The maximum absolute atomic E-state index is 13.8. The Hall–Kier alpha value is -4.54.